The SMILES string of the molecule is OB1n2c3c4cc(F)c(F)cc4c2N=c2c4cc(F)c(F)cc4c(n21)=NC1=NC(=N3)c2cc(F)c(F)cc21. The van der Waals surface area contributed by atoms with Gasteiger partial charge in [0.05, 0.1) is 0 Å². The lowest BCUT2D eigenvalue weighted by Crippen LogP contribution is -2.48. The smallest absolute Gasteiger partial charge is 0.413 e. The second-order valence-electron chi connectivity index (χ2n) is 8.91. The summed E-state index contributed by atoms with van der Waals surface area (Å²) in [6.07, 6.45) is 0. The van der Waals surface area contributed by atoms with Gasteiger partial charge in [-0.1, -0.05) is 0 Å². The number of aliphatic imine (C=N–C) groups is 2. The van der Waals surface area contributed by atoms with Crippen LogP contribution >= 0.6 is 0 Å². The largest absolute Gasteiger partial charge is 0.560 e. The maximum Gasteiger partial charge on any atom is 0.560 e. The van der Waals surface area contributed by atoms with Gasteiger partial charge >= 0.3 is 7.19 Å². The Labute approximate surface area is 206 Å². The number of nitrogens with zero attached hydrogens (tertiary/aromatic N) is 6. The maximum atomic E-state index is 14.4. The molecule has 5 aromatic rings. The third kappa shape index (κ3) is 2.49. The number of aromatic nitrogens is 2. The molecule has 7 nitrogen and oxygen atoms in total. The molecule has 8 rings (SSSR count). The van der Waals surface area contributed by atoms with Crippen molar-refractivity contribution in [2.75, 3.05) is 0 Å². The highest BCUT2D eigenvalue weighted by Gasteiger charge is 2.37. The number of halogens is 6. The van der Waals surface area contributed by atoms with E-state index in [2.05, 4.69) is 20.0 Å². The number of hydrogen-bond acceptors (Lipinski definition) is 5. The summed E-state index contributed by atoms with van der Waals surface area (Å²) in [7, 11) is -1.69. The first kappa shape index (κ1) is 21.4. The van der Waals surface area contributed by atoms with Gasteiger partial charge in [0.15, 0.2) is 46.6 Å². The minimum Gasteiger partial charge on any atom is -0.413 e. The molecule has 184 valence electrons. The van der Waals surface area contributed by atoms with E-state index in [0.29, 0.717) is 0 Å². The number of rotatable bonds is 0. The van der Waals surface area contributed by atoms with Gasteiger partial charge in [-0.05, 0) is 36.4 Å². The minimum atomic E-state index is -1.69. The molecule has 0 spiro atoms. The van der Waals surface area contributed by atoms with E-state index in [1.807, 2.05) is 0 Å². The highest BCUT2D eigenvalue weighted by Crippen LogP contribution is 2.41. The number of fused-ring (bicyclic) bond motifs is 10. The fourth-order valence-corrected chi connectivity index (χ4v) is 5.17. The van der Waals surface area contributed by atoms with Crippen LogP contribution in [0.1, 0.15) is 11.1 Å². The zero-order valence-corrected chi connectivity index (χ0v) is 18.4. The predicted molar refractivity (Wildman–Crippen MR) is 124 cm³/mol. The van der Waals surface area contributed by atoms with Gasteiger partial charge in [0.1, 0.15) is 22.6 Å². The molecule has 0 amide bonds. The molecule has 0 saturated carbocycles. The van der Waals surface area contributed by atoms with Crippen LogP contribution in [-0.4, -0.2) is 32.8 Å². The lowest BCUT2D eigenvalue weighted by Gasteiger charge is -2.18. The molecule has 3 aliphatic heterocycles. The summed E-state index contributed by atoms with van der Waals surface area (Å²) < 4.78 is 88.2. The van der Waals surface area contributed by atoms with Crippen LogP contribution in [0.3, 0.4) is 0 Å². The zero-order chi connectivity index (χ0) is 26.2. The van der Waals surface area contributed by atoms with Crippen LogP contribution in [0.2, 0.25) is 0 Å². The van der Waals surface area contributed by atoms with Crippen molar-refractivity contribution in [1.82, 2.24) is 8.96 Å². The summed E-state index contributed by atoms with van der Waals surface area (Å²) in [5.74, 6) is -7.65. The normalized spacial score (nSPS) is 14.9. The van der Waals surface area contributed by atoms with Gasteiger partial charge in [-0.3, -0.25) is 0 Å². The number of amidine groups is 2. The van der Waals surface area contributed by atoms with Gasteiger partial charge < -0.3 is 14.0 Å². The van der Waals surface area contributed by atoms with Crippen LogP contribution < -0.4 is 11.0 Å². The Bertz CT molecular complexity index is 2180. The zero-order valence-electron chi connectivity index (χ0n) is 18.4. The van der Waals surface area contributed by atoms with E-state index < -0.39 is 42.1 Å². The van der Waals surface area contributed by atoms with Crippen molar-refractivity contribution in [3.63, 3.8) is 0 Å². The summed E-state index contributed by atoms with van der Waals surface area (Å²) >= 11 is 0. The van der Waals surface area contributed by atoms with E-state index in [4.69, 9.17) is 0 Å². The Kier molecular flexibility index (Phi) is 3.81. The molecule has 0 radical (unpaired) electrons. The van der Waals surface area contributed by atoms with Crippen LogP contribution in [-0.2, 0) is 0 Å². The van der Waals surface area contributed by atoms with Crippen LogP contribution in [0.15, 0.2) is 56.4 Å². The van der Waals surface area contributed by atoms with Crippen molar-refractivity contribution >= 4 is 52.0 Å². The van der Waals surface area contributed by atoms with Gasteiger partial charge in [0, 0.05) is 32.7 Å². The number of hydrogen-bond donors (Lipinski definition) is 1. The summed E-state index contributed by atoms with van der Waals surface area (Å²) in [5.41, 5.74) is -0.0862. The van der Waals surface area contributed by atoms with Crippen molar-refractivity contribution < 1.29 is 31.4 Å². The monoisotopic (exact) mass is 520 g/mol. The average molecular weight is 520 g/mol. The van der Waals surface area contributed by atoms with Crippen LogP contribution in [0.5, 0.6) is 0 Å². The second-order valence-corrected chi connectivity index (χ2v) is 8.91. The van der Waals surface area contributed by atoms with Gasteiger partial charge in [-0.2, -0.15) is 0 Å². The third-order valence-electron chi connectivity index (χ3n) is 6.85. The summed E-state index contributed by atoms with van der Waals surface area (Å²) in [6.45, 7) is 0. The highest BCUT2D eigenvalue weighted by molar-refractivity contribution is 6.50. The van der Waals surface area contributed by atoms with Crippen molar-refractivity contribution in [2.45, 2.75) is 0 Å². The quantitative estimate of drug-likeness (QED) is 0.246. The Morgan fingerprint density at radius 2 is 0.921 bits per heavy atom. The molecule has 1 N–H and O–H groups in total. The minimum absolute atomic E-state index is 0.0355. The standard InChI is InChI=1S/C24H7BF6N6O/c26-13-1-7-8(2-14(13)27)20-32-19(7)33-21-9-3-15(28)17(30)5-11(9)23-35-24-12-6-18(31)16(29)4-10(12)22(34-20)37(24)25(38)36(21)23/h1-6,38H. The van der Waals surface area contributed by atoms with E-state index in [1.165, 1.54) is 0 Å². The molecule has 2 aromatic heterocycles. The fourth-order valence-electron chi connectivity index (χ4n) is 5.17. The fraction of sp³-hybridized carbons (Fsp3) is 0. The van der Waals surface area contributed by atoms with E-state index in [9.17, 15) is 31.4 Å². The molecule has 0 aliphatic carbocycles. The molecule has 0 saturated heterocycles. The Morgan fingerprint density at radius 1 is 0.500 bits per heavy atom. The molecular formula is C24H7BF6N6O. The lowest BCUT2D eigenvalue weighted by atomic mass is 10.00. The van der Waals surface area contributed by atoms with Crippen LogP contribution in [0.4, 0.5) is 38.0 Å². The molecule has 38 heavy (non-hydrogen) atoms. The molecule has 3 aromatic carbocycles. The Balaban J connectivity index is 1.66. The highest BCUT2D eigenvalue weighted by atomic mass is 19.2. The molecule has 4 bridgehead atoms. The summed E-state index contributed by atoms with van der Waals surface area (Å²) in [5, 5.41) is 11.7. The van der Waals surface area contributed by atoms with Crippen LogP contribution in [0.25, 0.3) is 21.5 Å². The summed E-state index contributed by atoms with van der Waals surface area (Å²) in [6, 6.07) is 5.19. The predicted octanol–water partition coefficient (Wildman–Crippen LogP) is 3.54. The topological polar surface area (TPSA) is 79.5 Å². The molecule has 0 unspecified atom stereocenters. The lowest BCUT2D eigenvalue weighted by molar-refractivity contribution is 0.508. The molecule has 3 aliphatic rings. The van der Waals surface area contributed by atoms with Gasteiger partial charge in [0.25, 0.3) is 0 Å². The van der Waals surface area contributed by atoms with Gasteiger partial charge in [0.2, 0.25) is 0 Å². The van der Waals surface area contributed by atoms with E-state index in [-0.39, 0.29) is 67.0 Å². The van der Waals surface area contributed by atoms with Gasteiger partial charge in [-0.25, -0.2) is 46.3 Å². The maximum absolute atomic E-state index is 14.4. The Hall–Kier alpha value is -4.72. The summed E-state index contributed by atoms with van der Waals surface area (Å²) in [4.78, 5) is 17.7. The first-order chi connectivity index (χ1) is 18.2. The van der Waals surface area contributed by atoms with Crippen molar-refractivity contribution in [1.29, 1.82) is 0 Å². The van der Waals surface area contributed by atoms with Gasteiger partial charge in [-0.15, -0.1) is 0 Å². The van der Waals surface area contributed by atoms with Crippen molar-refractivity contribution in [3.05, 3.63) is 93.4 Å². The van der Waals surface area contributed by atoms with Crippen molar-refractivity contribution in [3.8, 4) is 0 Å². The molecular weight excluding hydrogens is 513 g/mol. The molecule has 0 fully saturated rings. The van der Waals surface area contributed by atoms with E-state index in [1.54, 1.807) is 0 Å². The first-order valence-electron chi connectivity index (χ1n) is 11.1. The Morgan fingerprint density at radius 3 is 1.47 bits per heavy atom. The molecule has 14 heteroatoms. The van der Waals surface area contributed by atoms with E-state index in [0.717, 1.165) is 45.4 Å². The third-order valence-corrected chi connectivity index (χ3v) is 6.85. The average Bonchev–Trinajstić information content (AvgIpc) is 3.45. The molecule has 5 heterocycles. The second kappa shape index (κ2) is 6.78. The van der Waals surface area contributed by atoms with Crippen LogP contribution in [0, 0.1) is 34.9 Å². The molecule has 0 atom stereocenters. The number of benzene rings is 3. The first-order valence-corrected chi connectivity index (χ1v) is 11.1. The van der Waals surface area contributed by atoms with E-state index >= 15 is 0 Å². The van der Waals surface area contributed by atoms with Crippen molar-refractivity contribution in [2.24, 2.45) is 20.0 Å².